The number of aromatic carboxylic acids is 1. The van der Waals surface area contributed by atoms with Gasteiger partial charge in [-0.15, -0.1) is 11.6 Å². The van der Waals surface area contributed by atoms with Crippen molar-refractivity contribution in [2.75, 3.05) is 5.88 Å². The van der Waals surface area contributed by atoms with Gasteiger partial charge in [-0.1, -0.05) is 6.07 Å². The molecule has 0 atom stereocenters. The molecule has 0 unspecified atom stereocenters. The Morgan fingerprint density at radius 1 is 1.44 bits per heavy atom. The molecule has 0 spiro atoms. The van der Waals surface area contributed by atoms with E-state index in [1.165, 1.54) is 12.1 Å². The van der Waals surface area contributed by atoms with Gasteiger partial charge in [-0.05, 0) is 30.5 Å². The van der Waals surface area contributed by atoms with Crippen LogP contribution in [0.3, 0.4) is 0 Å². The van der Waals surface area contributed by atoms with Crippen molar-refractivity contribution in [3.8, 4) is 0 Å². The van der Waals surface area contributed by atoms with Gasteiger partial charge < -0.3 is 5.11 Å². The molecule has 1 N–H and O–H groups in total. The van der Waals surface area contributed by atoms with Crippen LogP contribution >= 0.6 is 11.6 Å². The molecule has 0 radical (unpaired) electrons. The number of hydrogen-bond acceptors (Lipinski definition) is 1. The molecule has 0 bridgehead atoms. The first-order valence-electron chi connectivity index (χ1n) is 4.76. The first-order valence-corrected chi connectivity index (χ1v) is 5.30. The average Bonchev–Trinajstić information content (AvgIpc) is 2.25. The van der Waals surface area contributed by atoms with E-state index in [1.54, 1.807) is 0 Å². The van der Waals surface area contributed by atoms with Gasteiger partial charge in [-0.25, -0.2) is 13.6 Å². The molecule has 2 nitrogen and oxygen atoms in total. The number of carbonyl (C=O) groups is 1. The molecule has 0 saturated carbocycles. The van der Waals surface area contributed by atoms with Crippen molar-refractivity contribution < 1.29 is 18.7 Å². The third-order valence-corrected chi connectivity index (χ3v) is 2.46. The van der Waals surface area contributed by atoms with Crippen molar-refractivity contribution in [3.63, 3.8) is 0 Å². The molecule has 0 aliphatic carbocycles. The lowest BCUT2D eigenvalue weighted by molar-refractivity contribution is 0.0695. The normalized spacial score (nSPS) is 10.8. The Hall–Kier alpha value is -1.16. The lowest BCUT2D eigenvalue weighted by Crippen LogP contribution is -2.04. The summed E-state index contributed by atoms with van der Waals surface area (Å²) in [5, 5.41) is 8.87. The summed E-state index contributed by atoms with van der Waals surface area (Å²) >= 11 is 5.49. The molecule has 0 aromatic heterocycles. The second kappa shape index (κ2) is 5.80. The predicted molar refractivity (Wildman–Crippen MR) is 57.4 cm³/mol. The molecule has 0 heterocycles. The molecule has 1 aromatic carbocycles. The topological polar surface area (TPSA) is 37.3 Å². The SMILES string of the molecule is O=C(O)c1ccc(C(F)F)cc1CCCCl. The van der Waals surface area contributed by atoms with Crippen LogP contribution in [0.25, 0.3) is 0 Å². The molecular weight excluding hydrogens is 238 g/mol. The summed E-state index contributed by atoms with van der Waals surface area (Å²) in [6.45, 7) is 0. The van der Waals surface area contributed by atoms with Gasteiger partial charge >= 0.3 is 5.97 Å². The fourth-order valence-electron chi connectivity index (χ4n) is 1.42. The molecule has 0 fully saturated rings. The Morgan fingerprint density at radius 3 is 2.62 bits per heavy atom. The van der Waals surface area contributed by atoms with E-state index >= 15 is 0 Å². The van der Waals surface area contributed by atoms with E-state index in [0.717, 1.165) is 6.07 Å². The zero-order valence-electron chi connectivity index (χ0n) is 8.42. The quantitative estimate of drug-likeness (QED) is 0.810. The van der Waals surface area contributed by atoms with E-state index in [0.29, 0.717) is 24.3 Å². The molecule has 5 heteroatoms. The fraction of sp³-hybridized carbons (Fsp3) is 0.364. The van der Waals surface area contributed by atoms with Crippen LogP contribution < -0.4 is 0 Å². The fourth-order valence-corrected chi connectivity index (χ4v) is 1.56. The monoisotopic (exact) mass is 248 g/mol. The number of halogens is 3. The van der Waals surface area contributed by atoms with Crippen molar-refractivity contribution >= 4 is 17.6 Å². The van der Waals surface area contributed by atoms with Crippen LogP contribution in [-0.2, 0) is 6.42 Å². The van der Waals surface area contributed by atoms with Crippen LogP contribution in [0.1, 0.15) is 34.3 Å². The summed E-state index contributed by atoms with van der Waals surface area (Å²) in [4.78, 5) is 10.8. The lowest BCUT2D eigenvalue weighted by atomic mass is 10.0. The third-order valence-electron chi connectivity index (χ3n) is 2.19. The van der Waals surface area contributed by atoms with E-state index in [2.05, 4.69) is 0 Å². The molecular formula is C11H11ClF2O2. The van der Waals surface area contributed by atoms with Gasteiger partial charge in [0.05, 0.1) is 5.56 Å². The number of alkyl halides is 3. The van der Waals surface area contributed by atoms with Crippen LogP contribution in [0.2, 0.25) is 0 Å². The van der Waals surface area contributed by atoms with E-state index in [-0.39, 0.29) is 11.1 Å². The molecule has 1 rings (SSSR count). The van der Waals surface area contributed by atoms with Crippen molar-refractivity contribution in [1.82, 2.24) is 0 Å². The van der Waals surface area contributed by atoms with E-state index in [1.807, 2.05) is 0 Å². The number of carboxylic acid groups (broad SMARTS) is 1. The molecule has 0 amide bonds. The highest BCUT2D eigenvalue weighted by atomic mass is 35.5. The van der Waals surface area contributed by atoms with Crippen LogP contribution in [0.5, 0.6) is 0 Å². The molecule has 0 aliphatic rings. The Bertz CT molecular complexity index is 380. The number of rotatable bonds is 5. The van der Waals surface area contributed by atoms with Crippen LogP contribution in [-0.4, -0.2) is 17.0 Å². The number of aryl methyl sites for hydroxylation is 1. The van der Waals surface area contributed by atoms with Gasteiger partial charge in [0.1, 0.15) is 0 Å². The highest BCUT2D eigenvalue weighted by molar-refractivity contribution is 6.17. The number of benzene rings is 1. The maximum atomic E-state index is 12.4. The maximum absolute atomic E-state index is 12.4. The van der Waals surface area contributed by atoms with E-state index < -0.39 is 12.4 Å². The zero-order valence-corrected chi connectivity index (χ0v) is 9.18. The summed E-state index contributed by atoms with van der Waals surface area (Å²) in [6.07, 6.45) is -1.63. The van der Waals surface area contributed by atoms with E-state index in [9.17, 15) is 13.6 Å². The lowest BCUT2D eigenvalue weighted by Gasteiger charge is -2.08. The summed E-state index contributed by atoms with van der Waals surface area (Å²) in [7, 11) is 0. The standard InChI is InChI=1S/C11H11ClF2O2/c12-5-1-2-7-6-8(10(13)14)3-4-9(7)11(15)16/h3-4,6,10H,1-2,5H2,(H,15,16). The van der Waals surface area contributed by atoms with Crippen molar-refractivity contribution in [1.29, 1.82) is 0 Å². The molecule has 1 aromatic rings. The minimum Gasteiger partial charge on any atom is -0.478 e. The largest absolute Gasteiger partial charge is 0.478 e. The van der Waals surface area contributed by atoms with Gasteiger partial charge in [0.15, 0.2) is 0 Å². The summed E-state index contributed by atoms with van der Waals surface area (Å²) < 4.78 is 24.9. The summed E-state index contributed by atoms with van der Waals surface area (Å²) in [6, 6.07) is 3.59. The van der Waals surface area contributed by atoms with Gasteiger partial charge in [-0.2, -0.15) is 0 Å². The molecule has 0 aliphatic heterocycles. The second-order valence-corrected chi connectivity index (χ2v) is 3.69. The Balaban J connectivity index is 3.05. The molecule has 0 saturated heterocycles. The van der Waals surface area contributed by atoms with Crippen molar-refractivity contribution in [2.24, 2.45) is 0 Å². The highest BCUT2D eigenvalue weighted by Gasteiger charge is 2.14. The minimum absolute atomic E-state index is 0.0644. The maximum Gasteiger partial charge on any atom is 0.335 e. The first kappa shape index (κ1) is 12.9. The summed E-state index contributed by atoms with van der Waals surface area (Å²) in [5.74, 6) is -0.733. The van der Waals surface area contributed by atoms with Gasteiger partial charge in [-0.3, -0.25) is 0 Å². The van der Waals surface area contributed by atoms with E-state index in [4.69, 9.17) is 16.7 Å². The summed E-state index contributed by atoms with van der Waals surface area (Å²) in [5.41, 5.74) is 0.315. The molecule has 16 heavy (non-hydrogen) atoms. The molecule has 88 valence electrons. The average molecular weight is 249 g/mol. The van der Waals surface area contributed by atoms with Crippen molar-refractivity contribution in [3.05, 3.63) is 34.9 Å². The highest BCUT2D eigenvalue weighted by Crippen LogP contribution is 2.23. The van der Waals surface area contributed by atoms with Crippen LogP contribution in [0.4, 0.5) is 8.78 Å². The smallest absolute Gasteiger partial charge is 0.335 e. The zero-order chi connectivity index (χ0) is 12.1. The third kappa shape index (κ3) is 3.17. The van der Waals surface area contributed by atoms with Crippen LogP contribution in [0, 0.1) is 0 Å². The van der Waals surface area contributed by atoms with Crippen LogP contribution in [0.15, 0.2) is 18.2 Å². The Morgan fingerprint density at radius 2 is 2.12 bits per heavy atom. The second-order valence-electron chi connectivity index (χ2n) is 3.31. The van der Waals surface area contributed by atoms with Gasteiger partial charge in [0.2, 0.25) is 0 Å². The van der Waals surface area contributed by atoms with Gasteiger partial charge in [0, 0.05) is 11.4 Å². The van der Waals surface area contributed by atoms with Gasteiger partial charge in [0.25, 0.3) is 6.43 Å². The predicted octanol–water partition coefficient (Wildman–Crippen LogP) is 3.49. The number of carboxylic acids is 1. The Kier molecular flexibility index (Phi) is 4.68. The van der Waals surface area contributed by atoms with Crippen molar-refractivity contribution in [2.45, 2.75) is 19.3 Å². The minimum atomic E-state index is -2.59. The Labute approximate surface area is 96.8 Å². The number of hydrogen-bond donors (Lipinski definition) is 1. The first-order chi connectivity index (χ1) is 7.56.